The van der Waals surface area contributed by atoms with Crippen molar-refractivity contribution in [3.8, 4) is 0 Å². The number of esters is 1. The van der Waals surface area contributed by atoms with Crippen molar-refractivity contribution in [2.75, 3.05) is 23.9 Å². The maximum Gasteiger partial charge on any atom is 0.341 e. The molecule has 0 aromatic carbocycles. The van der Waals surface area contributed by atoms with E-state index in [1.807, 2.05) is 13.2 Å². The van der Waals surface area contributed by atoms with Crippen LogP contribution in [0.4, 0.5) is 5.00 Å². The summed E-state index contributed by atoms with van der Waals surface area (Å²) >= 11 is 3.21. The number of ether oxygens (including phenoxy) is 1. The van der Waals surface area contributed by atoms with Gasteiger partial charge in [-0.15, -0.1) is 11.3 Å². The summed E-state index contributed by atoms with van der Waals surface area (Å²) in [5.41, 5.74) is 1.97. The van der Waals surface area contributed by atoms with Crippen LogP contribution < -0.4 is 5.32 Å². The van der Waals surface area contributed by atoms with Crippen molar-refractivity contribution >= 4 is 40.0 Å². The van der Waals surface area contributed by atoms with Gasteiger partial charge in [0.05, 0.1) is 12.2 Å². The highest BCUT2D eigenvalue weighted by Crippen LogP contribution is 2.45. The lowest BCUT2D eigenvalue weighted by atomic mass is 9.69. The second-order valence-electron chi connectivity index (χ2n) is 7.50. The van der Waals surface area contributed by atoms with Gasteiger partial charge >= 0.3 is 5.97 Å². The Morgan fingerprint density at radius 3 is 2.69 bits per heavy atom. The van der Waals surface area contributed by atoms with E-state index in [0.717, 1.165) is 37.0 Å². The number of fused-ring (bicyclic) bond motifs is 1. The first-order valence-corrected chi connectivity index (χ1v) is 11.7. The number of hydrogen-bond donors (Lipinski definition) is 1. The minimum Gasteiger partial charge on any atom is -0.462 e. The Balaban J connectivity index is 2.31. The minimum absolute atomic E-state index is 0.0334. The van der Waals surface area contributed by atoms with Crippen LogP contribution in [0.3, 0.4) is 0 Å². The molecule has 1 aromatic rings. The SMILES string of the molecule is CCOC(=O)c1c(NC(=O)CCSC)sc2c1CC[C@H](C(C)(C)CC)C2. The van der Waals surface area contributed by atoms with Crippen LogP contribution in [0.5, 0.6) is 0 Å². The monoisotopic (exact) mass is 397 g/mol. The fourth-order valence-electron chi connectivity index (χ4n) is 3.43. The molecule has 26 heavy (non-hydrogen) atoms. The molecule has 0 spiro atoms. The van der Waals surface area contributed by atoms with E-state index in [-0.39, 0.29) is 17.3 Å². The molecular formula is C20H31NO3S2. The zero-order chi connectivity index (χ0) is 19.3. The van der Waals surface area contributed by atoms with Gasteiger partial charge < -0.3 is 10.1 Å². The molecular weight excluding hydrogens is 366 g/mol. The molecule has 0 bridgehead atoms. The lowest BCUT2D eigenvalue weighted by Gasteiger charge is -2.36. The molecule has 0 radical (unpaired) electrons. The Hall–Kier alpha value is -1.01. The molecule has 1 aromatic heterocycles. The van der Waals surface area contributed by atoms with Crippen molar-refractivity contribution in [2.45, 2.75) is 59.8 Å². The fourth-order valence-corrected chi connectivity index (χ4v) is 5.15. The molecule has 0 fully saturated rings. The van der Waals surface area contributed by atoms with Crippen LogP contribution in [-0.4, -0.2) is 30.5 Å². The topological polar surface area (TPSA) is 55.4 Å². The molecule has 1 atom stereocenters. The van der Waals surface area contributed by atoms with Gasteiger partial charge in [-0.05, 0) is 49.3 Å². The van der Waals surface area contributed by atoms with Crippen molar-refractivity contribution < 1.29 is 14.3 Å². The third-order valence-corrected chi connectivity index (χ3v) is 7.33. The van der Waals surface area contributed by atoms with E-state index in [2.05, 4.69) is 26.1 Å². The van der Waals surface area contributed by atoms with Crippen LogP contribution in [-0.2, 0) is 22.4 Å². The third kappa shape index (κ3) is 4.83. The molecule has 1 amide bonds. The number of anilines is 1. The highest BCUT2D eigenvalue weighted by molar-refractivity contribution is 7.98. The van der Waals surface area contributed by atoms with E-state index < -0.39 is 0 Å². The maximum absolute atomic E-state index is 12.6. The smallest absolute Gasteiger partial charge is 0.341 e. The Morgan fingerprint density at radius 2 is 2.08 bits per heavy atom. The van der Waals surface area contributed by atoms with Crippen LogP contribution in [0.1, 0.15) is 67.8 Å². The lowest BCUT2D eigenvalue weighted by Crippen LogP contribution is -2.28. The summed E-state index contributed by atoms with van der Waals surface area (Å²) in [5, 5.41) is 3.65. The summed E-state index contributed by atoms with van der Waals surface area (Å²) in [6.07, 6.45) is 6.52. The number of amides is 1. The normalized spacial score (nSPS) is 16.9. The first kappa shape index (κ1) is 21.3. The van der Waals surface area contributed by atoms with E-state index in [1.165, 1.54) is 4.88 Å². The summed E-state index contributed by atoms with van der Waals surface area (Å²) < 4.78 is 5.28. The van der Waals surface area contributed by atoms with Gasteiger partial charge in [0.2, 0.25) is 5.91 Å². The predicted molar refractivity (Wildman–Crippen MR) is 111 cm³/mol. The van der Waals surface area contributed by atoms with Gasteiger partial charge in [0.15, 0.2) is 0 Å². The molecule has 1 aliphatic rings. The number of thioether (sulfide) groups is 1. The molecule has 0 saturated heterocycles. The average Bonchev–Trinajstić information content (AvgIpc) is 2.96. The quantitative estimate of drug-likeness (QED) is 0.616. The number of carbonyl (C=O) groups excluding carboxylic acids is 2. The number of carbonyl (C=O) groups is 2. The average molecular weight is 398 g/mol. The summed E-state index contributed by atoms with van der Waals surface area (Å²) in [6.45, 7) is 9.05. The second kappa shape index (κ2) is 9.27. The number of thiophene rings is 1. The van der Waals surface area contributed by atoms with Gasteiger partial charge in [0, 0.05) is 17.1 Å². The Morgan fingerprint density at radius 1 is 1.35 bits per heavy atom. The van der Waals surface area contributed by atoms with Gasteiger partial charge in [-0.25, -0.2) is 4.79 Å². The summed E-state index contributed by atoms with van der Waals surface area (Å²) in [5.74, 6) is 1.04. The van der Waals surface area contributed by atoms with Crippen molar-refractivity contribution in [2.24, 2.45) is 11.3 Å². The Bertz CT molecular complexity index is 652. The Kier molecular flexibility index (Phi) is 7.59. The predicted octanol–water partition coefficient (Wildman–Crippen LogP) is 5.16. The summed E-state index contributed by atoms with van der Waals surface area (Å²) in [7, 11) is 0. The number of rotatable bonds is 8. The summed E-state index contributed by atoms with van der Waals surface area (Å²) in [6, 6.07) is 0. The molecule has 4 nitrogen and oxygen atoms in total. The molecule has 146 valence electrons. The first-order valence-electron chi connectivity index (χ1n) is 9.44. The van der Waals surface area contributed by atoms with Gasteiger partial charge in [0.1, 0.15) is 5.00 Å². The number of nitrogens with one attached hydrogen (secondary N) is 1. The Labute approximate surface area is 165 Å². The van der Waals surface area contributed by atoms with Crippen molar-refractivity contribution in [3.63, 3.8) is 0 Å². The van der Waals surface area contributed by atoms with Crippen molar-refractivity contribution in [3.05, 3.63) is 16.0 Å². The van der Waals surface area contributed by atoms with Gasteiger partial charge in [-0.3, -0.25) is 4.79 Å². The molecule has 1 aliphatic carbocycles. The minimum atomic E-state index is -0.307. The molecule has 0 saturated carbocycles. The second-order valence-corrected chi connectivity index (χ2v) is 9.59. The van der Waals surface area contributed by atoms with Crippen LogP contribution in [0.25, 0.3) is 0 Å². The van der Waals surface area contributed by atoms with E-state index in [1.54, 1.807) is 23.1 Å². The molecule has 6 heteroatoms. The highest BCUT2D eigenvalue weighted by Gasteiger charge is 2.35. The maximum atomic E-state index is 12.6. The molecule has 1 heterocycles. The van der Waals surface area contributed by atoms with Crippen LogP contribution in [0.2, 0.25) is 0 Å². The van der Waals surface area contributed by atoms with Gasteiger partial charge in [-0.2, -0.15) is 11.8 Å². The van der Waals surface area contributed by atoms with E-state index in [4.69, 9.17) is 4.74 Å². The third-order valence-electron chi connectivity index (χ3n) is 5.55. The van der Waals surface area contributed by atoms with Crippen molar-refractivity contribution in [1.29, 1.82) is 0 Å². The first-order chi connectivity index (χ1) is 12.3. The van der Waals surface area contributed by atoms with E-state index >= 15 is 0 Å². The van der Waals surface area contributed by atoms with Crippen molar-refractivity contribution in [1.82, 2.24) is 0 Å². The largest absolute Gasteiger partial charge is 0.462 e. The lowest BCUT2D eigenvalue weighted by molar-refractivity contribution is -0.115. The molecule has 0 aliphatic heterocycles. The van der Waals surface area contributed by atoms with Crippen LogP contribution >= 0.6 is 23.1 Å². The zero-order valence-corrected chi connectivity index (χ0v) is 18.2. The van der Waals surface area contributed by atoms with E-state index in [0.29, 0.717) is 29.5 Å². The van der Waals surface area contributed by atoms with Crippen LogP contribution in [0, 0.1) is 11.3 Å². The highest BCUT2D eigenvalue weighted by atomic mass is 32.2. The number of hydrogen-bond acceptors (Lipinski definition) is 5. The molecule has 2 rings (SSSR count). The van der Waals surface area contributed by atoms with Gasteiger partial charge in [0.25, 0.3) is 0 Å². The molecule has 0 unspecified atom stereocenters. The molecule has 1 N–H and O–H groups in total. The van der Waals surface area contributed by atoms with Crippen LogP contribution in [0.15, 0.2) is 0 Å². The fraction of sp³-hybridized carbons (Fsp3) is 0.700. The van der Waals surface area contributed by atoms with E-state index in [9.17, 15) is 9.59 Å². The zero-order valence-electron chi connectivity index (χ0n) is 16.6. The standard InChI is InChI=1S/C20H31NO3S2/c1-6-20(3,4)13-8-9-14-15(12-13)26-18(17(14)19(23)24-7-2)21-16(22)10-11-25-5/h13H,6-12H2,1-5H3,(H,21,22)/t13-/m0/s1. The summed E-state index contributed by atoms with van der Waals surface area (Å²) in [4.78, 5) is 26.0. The van der Waals surface area contributed by atoms with Gasteiger partial charge in [-0.1, -0.05) is 27.2 Å².